The number of methoxy groups -OCH3 is 8. The van der Waals surface area contributed by atoms with Crippen molar-refractivity contribution in [1.29, 1.82) is 0 Å². The van der Waals surface area contributed by atoms with E-state index in [1.807, 2.05) is 48.5 Å². The van der Waals surface area contributed by atoms with Crippen LogP contribution < -0.4 is 48.9 Å². The number of nitrogens with zero attached hydrogens (tertiary/aromatic N) is 8. The number of amidine groups is 4. The highest BCUT2D eigenvalue weighted by Gasteiger charge is 2.46. The lowest BCUT2D eigenvalue weighted by molar-refractivity contribution is 0.355. The second-order valence-corrected chi connectivity index (χ2v) is 19.1. The summed E-state index contributed by atoms with van der Waals surface area (Å²) in [6.07, 6.45) is 0. The van der Waals surface area contributed by atoms with Gasteiger partial charge < -0.3 is 37.9 Å². The van der Waals surface area contributed by atoms with Crippen molar-refractivity contribution in [2.24, 2.45) is 30.0 Å². The van der Waals surface area contributed by atoms with Gasteiger partial charge in [-0.25, -0.2) is 30.0 Å². The molecule has 0 fully saturated rings. The highest BCUT2D eigenvalue weighted by atomic mass is 35.7. The third kappa shape index (κ3) is 5.07. The van der Waals surface area contributed by atoms with E-state index >= 15 is 0 Å². The Morgan fingerprint density at radius 3 is 0.932 bits per heavy atom. The monoisotopic (exact) mass is 850 g/mol. The van der Waals surface area contributed by atoms with E-state index in [2.05, 4.69) is 0 Å². The maximum Gasteiger partial charge on any atom is 0.483 e. The summed E-state index contributed by atoms with van der Waals surface area (Å²) in [5, 5.41) is 2.35. The molecule has 0 N–H and O–H groups in total. The molecule has 6 bridgehead atoms. The van der Waals surface area contributed by atoms with Crippen LogP contribution in [0.2, 0.25) is 0 Å². The lowest BCUT2D eigenvalue weighted by Crippen LogP contribution is -2.51. The molecule has 0 saturated carbocycles. The lowest BCUT2D eigenvalue weighted by atomic mass is 10.1. The van der Waals surface area contributed by atoms with Crippen molar-refractivity contribution >= 4 is 85.7 Å². The fraction of sp³-hybridized carbons (Fsp3) is 0.200. The van der Waals surface area contributed by atoms with Crippen LogP contribution >= 0.6 is 22.2 Å². The molecular formula is C40H32Cl2N8O8Si. The van der Waals surface area contributed by atoms with Crippen LogP contribution in [-0.2, 0) is 0 Å². The summed E-state index contributed by atoms with van der Waals surface area (Å²) in [6, 6.07) is 14.5. The zero-order chi connectivity index (χ0) is 41.1. The van der Waals surface area contributed by atoms with Gasteiger partial charge in [-0.1, -0.05) is 22.2 Å². The van der Waals surface area contributed by atoms with Gasteiger partial charge in [-0.2, -0.15) is 0 Å². The molecule has 0 unspecified atom stereocenters. The fourth-order valence-corrected chi connectivity index (χ4v) is 11.7. The van der Waals surface area contributed by atoms with Crippen molar-refractivity contribution < 1.29 is 37.9 Å². The van der Waals surface area contributed by atoms with E-state index in [4.69, 9.17) is 90.0 Å². The summed E-state index contributed by atoms with van der Waals surface area (Å²) in [4.78, 5) is 31.2. The average Bonchev–Trinajstić information content (AvgIpc) is 3.95. The molecular weight excluding hydrogens is 819 g/mol. The number of hydrogen-bond donors (Lipinski definition) is 0. The Bertz CT molecular complexity index is 2960. The van der Waals surface area contributed by atoms with Gasteiger partial charge in [-0.05, 0) is 48.5 Å². The number of benzene rings is 4. The van der Waals surface area contributed by atoms with Crippen LogP contribution in [0.25, 0.3) is 21.5 Å². The molecule has 0 amide bonds. The quantitative estimate of drug-likeness (QED) is 0.135. The second kappa shape index (κ2) is 13.2. The first-order valence-corrected chi connectivity index (χ1v) is 21.8. The van der Waals surface area contributed by atoms with Gasteiger partial charge in [0.05, 0.1) is 56.9 Å². The van der Waals surface area contributed by atoms with E-state index in [1.165, 1.54) is 0 Å². The Hall–Kier alpha value is -6.56. The first-order valence-electron chi connectivity index (χ1n) is 17.9. The molecule has 4 aromatic carbocycles. The van der Waals surface area contributed by atoms with Crippen molar-refractivity contribution in [3.05, 3.63) is 81.8 Å². The maximum absolute atomic E-state index is 8.05. The van der Waals surface area contributed by atoms with Crippen LogP contribution in [0.4, 0.5) is 11.6 Å². The van der Waals surface area contributed by atoms with Crippen molar-refractivity contribution in [3.63, 3.8) is 0 Å². The van der Waals surface area contributed by atoms with Crippen molar-refractivity contribution in [2.45, 2.75) is 0 Å². The summed E-state index contributed by atoms with van der Waals surface area (Å²) in [5.74, 6) is 5.58. The van der Waals surface area contributed by atoms with E-state index in [0.717, 1.165) is 0 Å². The molecule has 0 saturated heterocycles. The molecule has 0 atom stereocenters. The Balaban J connectivity index is 1.49. The maximum atomic E-state index is 8.05. The Morgan fingerprint density at radius 1 is 0.356 bits per heavy atom. The van der Waals surface area contributed by atoms with Gasteiger partial charge in [0.25, 0.3) is 0 Å². The van der Waals surface area contributed by atoms with E-state index in [9.17, 15) is 0 Å². The number of aliphatic imine (C=N–C) groups is 4. The van der Waals surface area contributed by atoms with Gasteiger partial charge in [-0.15, -0.1) is 0 Å². The summed E-state index contributed by atoms with van der Waals surface area (Å²) in [6.45, 7) is 0. The molecule has 16 nitrogen and oxygen atoms in total. The van der Waals surface area contributed by atoms with Gasteiger partial charge in [-0.3, -0.25) is 8.47 Å². The van der Waals surface area contributed by atoms with Crippen LogP contribution in [0, 0.1) is 0 Å². The summed E-state index contributed by atoms with van der Waals surface area (Å²) in [7, 11) is 8.19. The topological polar surface area (TPSA) is 158 Å². The van der Waals surface area contributed by atoms with Crippen molar-refractivity contribution in [1.82, 2.24) is 8.47 Å². The van der Waals surface area contributed by atoms with E-state index in [1.54, 1.807) is 65.3 Å². The standard InChI is InChI=1S/C40H32Cl2N8O8Si/c1-51-25-9-17-18(10-26(25)52-2)34-43-33(17)45-37-21-13-29(55-5)30(56-6)14-22(21)39-47-35-19-11-27(53-3)28(54-4)12-20(19)36(44-35)48-40-24-16-32(58-8)31(57-7)15-23(24)38(46-34)50(40)59(41,42)49(37)39/h9-16H,1-8H3. The van der Waals surface area contributed by atoms with Crippen LogP contribution in [-0.4, -0.2) is 95.7 Å². The normalized spacial score (nSPS) is 15.1. The van der Waals surface area contributed by atoms with Gasteiger partial charge in [0, 0.05) is 43.8 Å². The molecule has 59 heavy (non-hydrogen) atoms. The molecule has 298 valence electrons. The second-order valence-electron chi connectivity index (χ2n) is 13.5. The van der Waals surface area contributed by atoms with Gasteiger partial charge >= 0.3 is 7.02 Å². The van der Waals surface area contributed by atoms with Crippen LogP contribution in [0.5, 0.6) is 46.0 Å². The molecule has 6 aromatic rings. The van der Waals surface area contributed by atoms with E-state index < -0.39 is 7.02 Å². The molecule has 4 aliphatic rings. The molecule has 0 radical (unpaired) electrons. The predicted octanol–water partition coefficient (Wildman–Crippen LogP) is 5.92. The third-order valence-electron chi connectivity index (χ3n) is 10.7. The molecule has 6 heterocycles. The first-order chi connectivity index (χ1) is 28.6. The zero-order valence-corrected chi connectivity index (χ0v) is 35.2. The van der Waals surface area contributed by atoms with E-state index in [0.29, 0.717) is 136 Å². The number of ether oxygens (including phenoxy) is 8. The highest BCUT2D eigenvalue weighted by molar-refractivity contribution is 7.44. The minimum Gasteiger partial charge on any atom is -0.493 e. The number of fused-ring (bicyclic) bond motifs is 14. The van der Waals surface area contributed by atoms with Crippen LogP contribution in [0.3, 0.4) is 0 Å². The molecule has 0 spiro atoms. The summed E-state index contributed by atoms with van der Waals surface area (Å²) in [5.41, 5.74) is 3.18. The first kappa shape index (κ1) is 36.8. The lowest BCUT2D eigenvalue weighted by Gasteiger charge is -2.24. The van der Waals surface area contributed by atoms with E-state index in [-0.39, 0.29) is 0 Å². The summed E-state index contributed by atoms with van der Waals surface area (Å²) < 4.78 is 49.7. The SMILES string of the molecule is COc1cc2c(cc1OC)C1=Nc3c4cc(OC)c(OC)cc4c4n3[Si](Cl)(Cl)n3c(c5cc(OC)c(OC)cc5c3=NC3=NC(=N4)c4cc(OC)c(OC)cc43)=NC2=N1. The fourth-order valence-electron chi connectivity index (χ4n) is 7.91. The molecule has 4 aliphatic heterocycles. The minimum atomic E-state index is -4.30. The Kier molecular flexibility index (Phi) is 8.24. The zero-order valence-electron chi connectivity index (χ0n) is 32.7. The van der Waals surface area contributed by atoms with Gasteiger partial charge in [0.2, 0.25) is 0 Å². The third-order valence-corrected chi connectivity index (χ3v) is 14.6. The summed E-state index contributed by atoms with van der Waals surface area (Å²) >= 11 is 16.1. The Labute approximate surface area is 345 Å². The smallest absolute Gasteiger partial charge is 0.483 e. The largest absolute Gasteiger partial charge is 0.493 e. The van der Waals surface area contributed by atoms with Gasteiger partial charge in [0.15, 0.2) is 69.3 Å². The molecule has 19 heteroatoms. The molecule has 2 aromatic heterocycles. The molecule has 10 rings (SSSR count). The average molecular weight is 852 g/mol. The van der Waals surface area contributed by atoms with Crippen LogP contribution in [0.15, 0.2) is 78.5 Å². The highest BCUT2D eigenvalue weighted by Crippen LogP contribution is 2.49. The van der Waals surface area contributed by atoms with Crippen molar-refractivity contribution in [2.75, 3.05) is 56.9 Å². The molecule has 0 aliphatic carbocycles. The van der Waals surface area contributed by atoms with Crippen molar-refractivity contribution in [3.8, 4) is 46.0 Å². The number of halogens is 2. The van der Waals surface area contributed by atoms with Gasteiger partial charge in [0.1, 0.15) is 22.6 Å². The number of aromatic nitrogens is 2. The predicted molar refractivity (Wildman–Crippen MR) is 225 cm³/mol. The minimum absolute atomic E-state index is 0.316. The Morgan fingerprint density at radius 2 is 0.627 bits per heavy atom. The number of hydrogen-bond acceptors (Lipinski definition) is 14. The number of rotatable bonds is 8. The van der Waals surface area contributed by atoms with Crippen LogP contribution in [0.1, 0.15) is 22.3 Å².